The highest BCUT2D eigenvalue weighted by atomic mass is 35.5. The Morgan fingerprint density at radius 1 is 1.19 bits per heavy atom. The largest absolute Gasteiger partial charge is 0.398 e. The van der Waals surface area contributed by atoms with Crippen molar-refractivity contribution in [1.82, 2.24) is 24.7 Å². The molecule has 0 atom stereocenters. The molecule has 43 heavy (non-hydrogen) atoms. The Morgan fingerprint density at radius 3 is 2.49 bits per heavy atom. The fraction of sp³-hybridized carbons (Fsp3) is 0.562. The number of aromatic nitrogens is 2. The number of halogens is 1. The van der Waals surface area contributed by atoms with Crippen LogP contribution >= 0.6 is 11.6 Å². The zero-order valence-corrected chi connectivity index (χ0v) is 27.2. The zero-order valence-electron chi connectivity index (χ0n) is 26.4. The van der Waals surface area contributed by atoms with E-state index in [4.69, 9.17) is 23.1 Å². The second-order valence-electron chi connectivity index (χ2n) is 13.0. The number of anilines is 1. The molecule has 2 aliphatic rings. The van der Waals surface area contributed by atoms with E-state index in [-0.39, 0.29) is 41.7 Å². The normalized spacial score (nSPS) is 17.1. The van der Waals surface area contributed by atoms with E-state index in [2.05, 4.69) is 41.0 Å². The summed E-state index contributed by atoms with van der Waals surface area (Å²) in [6.07, 6.45) is 7.35. The van der Waals surface area contributed by atoms with Crippen molar-refractivity contribution in [3.8, 4) is 0 Å². The lowest BCUT2D eigenvalue weighted by molar-refractivity contribution is -0.130. The third kappa shape index (κ3) is 7.78. The Labute approximate surface area is 260 Å². The molecule has 3 heterocycles. The number of imidazole rings is 1. The lowest BCUT2D eigenvalue weighted by Crippen LogP contribution is -2.60. The van der Waals surface area contributed by atoms with Gasteiger partial charge in [0.25, 0.3) is 5.91 Å². The van der Waals surface area contributed by atoms with Crippen molar-refractivity contribution in [2.45, 2.75) is 84.8 Å². The van der Waals surface area contributed by atoms with Gasteiger partial charge in [-0.15, -0.1) is 0 Å². The average molecular weight is 611 g/mol. The Balaban J connectivity index is 1.40. The fourth-order valence-corrected chi connectivity index (χ4v) is 6.18. The van der Waals surface area contributed by atoms with Crippen LogP contribution in [0.3, 0.4) is 0 Å². The Bertz CT molecular complexity index is 1390. The number of likely N-dealkylation sites (tertiary alicyclic amines) is 2. The van der Waals surface area contributed by atoms with Gasteiger partial charge in [-0.25, -0.2) is 4.98 Å². The number of rotatable bonds is 9. The summed E-state index contributed by atoms with van der Waals surface area (Å²) < 4.78 is 1.90. The highest BCUT2D eigenvalue weighted by Gasteiger charge is 2.32. The number of nitrogens with zero attached hydrogens (tertiary/aromatic N) is 5. The molecule has 234 valence electrons. The van der Waals surface area contributed by atoms with Crippen LogP contribution in [0.4, 0.5) is 5.69 Å². The Hall–Kier alpha value is -3.37. The zero-order chi connectivity index (χ0) is 31.5. The number of benzene rings is 1. The molecule has 2 aliphatic heterocycles. The van der Waals surface area contributed by atoms with Crippen LogP contribution in [0.2, 0.25) is 5.02 Å². The maximum Gasteiger partial charge on any atom is 0.270 e. The molecule has 1 aromatic heterocycles. The van der Waals surface area contributed by atoms with E-state index in [1.807, 2.05) is 37.5 Å². The minimum Gasteiger partial charge on any atom is -0.398 e. The summed E-state index contributed by atoms with van der Waals surface area (Å²) in [6.45, 7) is 16.2. The van der Waals surface area contributed by atoms with Crippen molar-refractivity contribution in [2.24, 2.45) is 10.7 Å². The van der Waals surface area contributed by atoms with E-state index < -0.39 is 0 Å². The third-order valence-electron chi connectivity index (χ3n) is 8.11. The van der Waals surface area contributed by atoms with Gasteiger partial charge in [0.05, 0.1) is 18.3 Å². The number of hydrogen-bond donors (Lipinski definition) is 3. The van der Waals surface area contributed by atoms with Crippen molar-refractivity contribution in [3.63, 3.8) is 0 Å². The smallest absolute Gasteiger partial charge is 0.270 e. The monoisotopic (exact) mass is 610 g/mol. The number of piperidine rings is 1. The van der Waals surface area contributed by atoms with E-state index in [9.17, 15) is 9.59 Å². The first kappa shape index (κ1) is 32.5. The van der Waals surface area contributed by atoms with Crippen LogP contribution in [0.1, 0.15) is 93.1 Å². The second-order valence-corrected chi connectivity index (χ2v) is 13.4. The molecule has 0 aliphatic carbocycles. The standard InChI is InChI=1S/C32H47ClN8O2/c1-20(2)41-27(17-36-30(35)23-15-24(32(4,5)6)25(33)16-26(23)34)37-21(3)29(41)31(43)38-22-18-40(19-22)28(42)11-10-14-39-12-8-7-9-13-39/h10-11,15-16,20,22H,7-9,12-14,17-19,34H2,1-6H3,(H2,35,36)(H,38,43)/b11-10+. The molecule has 0 unspecified atom stereocenters. The molecule has 0 saturated carbocycles. The molecular formula is C32H47ClN8O2. The van der Waals surface area contributed by atoms with Gasteiger partial charge in [-0.3, -0.25) is 19.5 Å². The Kier molecular flexibility index (Phi) is 10.2. The Morgan fingerprint density at radius 2 is 1.86 bits per heavy atom. The quantitative estimate of drug-likeness (QED) is 0.169. The number of aliphatic imine (C=N–C) groups is 1. The molecule has 0 bridgehead atoms. The number of nitrogens with one attached hydrogen (secondary N) is 1. The third-order valence-corrected chi connectivity index (χ3v) is 8.42. The summed E-state index contributed by atoms with van der Waals surface area (Å²) in [5.74, 6) is 0.690. The van der Waals surface area contributed by atoms with Gasteiger partial charge in [-0.05, 0) is 69.8 Å². The van der Waals surface area contributed by atoms with Gasteiger partial charge in [0.2, 0.25) is 5.91 Å². The molecule has 0 radical (unpaired) electrons. The lowest BCUT2D eigenvalue weighted by atomic mass is 9.85. The van der Waals surface area contributed by atoms with E-state index in [0.717, 1.165) is 25.2 Å². The summed E-state index contributed by atoms with van der Waals surface area (Å²) in [5.41, 5.74) is 15.6. The van der Waals surface area contributed by atoms with Crippen molar-refractivity contribution in [1.29, 1.82) is 0 Å². The first-order chi connectivity index (χ1) is 20.3. The van der Waals surface area contributed by atoms with Gasteiger partial charge in [0, 0.05) is 48.0 Å². The topological polar surface area (TPSA) is 135 Å². The number of nitrogens with two attached hydrogens (primary N) is 2. The minimum atomic E-state index is -0.212. The van der Waals surface area contributed by atoms with Crippen molar-refractivity contribution in [3.05, 3.63) is 57.6 Å². The number of amidine groups is 1. The molecular weight excluding hydrogens is 564 g/mol. The van der Waals surface area contributed by atoms with E-state index in [1.165, 1.54) is 19.3 Å². The molecule has 4 rings (SSSR count). The molecule has 0 spiro atoms. The van der Waals surface area contributed by atoms with Crippen molar-refractivity contribution in [2.75, 3.05) is 38.5 Å². The van der Waals surface area contributed by atoms with Gasteiger partial charge in [-0.1, -0.05) is 44.9 Å². The first-order valence-electron chi connectivity index (χ1n) is 15.2. The van der Waals surface area contributed by atoms with E-state index >= 15 is 0 Å². The van der Waals surface area contributed by atoms with Gasteiger partial charge in [0.15, 0.2) is 0 Å². The summed E-state index contributed by atoms with van der Waals surface area (Å²) in [4.78, 5) is 39.4. The highest BCUT2D eigenvalue weighted by Crippen LogP contribution is 2.33. The SMILES string of the molecule is Cc1nc(CN=C(N)c2cc(C(C)(C)C)c(Cl)cc2N)n(C(C)C)c1C(=O)NC1CN(C(=O)/C=C/CN2CCCCC2)C1. The molecule has 2 amide bonds. The number of carbonyl (C=O) groups excluding carboxylic acids is 2. The number of hydrogen-bond acceptors (Lipinski definition) is 6. The highest BCUT2D eigenvalue weighted by molar-refractivity contribution is 6.32. The molecule has 2 saturated heterocycles. The molecule has 2 fully saturated rings. The number of carbonyl (C=O) groups is 2. The van der Waals surface area contributed by atoms with Gasteiger partial charge < -0.3 is 26.3 Å². The molecule has 2 aromatic rings. The lowest BCUT2D eigenvalue weighted by Gasteiger charge is -2.39. The fourth-order valence-electron chi connectivity index (χ4n) is 5.73. The van der Waals surface area contributed by atoms with Crippen LogP contribution in [0.5, 0.6) is 0 Å². The van der Waals surface area contributed by atoms with Crippen molar-refractivity contribution < 1.29 is 9.59 Å². The van der Waals surface area contributed by atoms with E-state index in [1.54, 1.807) is 17.0 Å². The molecule has 11 heteroatoms. The predicted molar refractivity (Wildman–Crippen MR) is 174 cm³/mol. The van der Waals surface area contributed by atoms with Crippen LogP contribution in [0.15, 0.2) is 29.3 Å². The summed E-state index contributed by atoms with van der Waals surface area (Å²) in [7, 11) is 0. The predicted octanol–water partition coefficient (Wildman–Crippen LogP) is 4.19. The van der Waals surface area contributed by atoms with Gasteiger partial charge in [0.1, 0.15) is 17.4 Å². The molecule has 10 nitrogen and oxygen atoms in total. The minimum absolute atomic E-state index is 0.0143. The van der Waals surface area contributed by atoms with Crippen LogP contribution in [-0.4, -0.2) is 75.8 Å². The summed E-state index contributed by atoms with van der Waals surface area (Å²) in [5, 5.41) is 3.67. The first-order valence-corrected chi connectivity index (χ1v) is 15.6. The van der Waals surface area contributed by atoms with Crippen LogP contribution in [0, 0.1) is 6.92 Å². The van der Waals surface area contributed by atoms with Crippen LogP contribution < -0.4 is 16.8 Å². The number of aryl methyl sites for hydroxylation is 1. The maximum atomic E-state index is 13.4. The van der Waals surface area contributed by atoms with Crippen molar-refractivity contribution >= 4 is 34.9 Å². The number of amides is 2. The molecule has 1 aromatic carbocycles. The molecule has 5 N–H and O–H groups in total. The second kappa shape index (κ2) is 13.5. The van der Waals surface area contributed by atoms with Gasteiger partial charge in [-0.2, -0.15) is 0 Å². The van der Waals surface area contributed by atoms with E-state index in [0.29, 0.717) is 46.6 Å². The van der Waals surface area contributed by atoms with Crippen LogP contribution in [-0.2, 0) is 16.8 Å². The summed E-state index contributed by atoms with van der Waals surface area (Å²) in [6, 6.07) is 3.46. The number of nitrogen functional groups attached to an aromatic ring is 1. The maximum absolute atomic E-state index is 13.4. The summed E-state index contributed by atoms with van der Waals surface area (Å²) >= 11 is 6.45. The average Bonchev–Trinajstić information content (AvgIpc) is 3.25. The van der Waals surface area contributed by atoms with Crippen LogP contribution in [0.25, 0.3) is 0 Å². The van der Waals surface area contributed by atoms with Gasteiger partial charge >= 0.3 is 0 Å².